The highest BCUT2D eigenvalue weighted by molar-refractivity contribution is 7.90. The van der Waals surface area contributed by atoms with Crippen LogP contribution in [0.1, 0.15) is 45.4 Å². The van der Waals surface area contributed by atoms with E-state index in [4.69, 9.17) is 0 Å². The summed E-state index contributed by atoms with van der Waals surface area (Å²) >= 11 is 0. The monoisotopic (exact) mass is 315 g/mol. The number of hydrogen-bond acceptors (Lipinski definition) is 3. The first kappa shape index (κ1) is 16.6. The molecule has 21 heavy (non-hydrogen) atoms. The van der Waals surface area contributed by atoms with Crippen LogP contribution in [-0.4, -0.2) is 46.5 Å². The Kier molecular flexibility index (Phi) is 4.85. The fourth-order valence-corrected chi connectivity index (χ4v) is 4.70. The van der Waals surface area contributed by atoms with Gasteiger partial charge in [-0.25, -0.2) is 8.42 Å². The van der Waals surface area contributed by atoms with Crippen molar-refractivity contribution in [2.45, 2.75) is 45.4 Å². The molecule has 0 aromatic rings. The molecule has 2 fully saturated rings. The molecule has 0 spiro atoms. The molecule has 6 heteroatoms. The number of sulfone groups is 1. The quantitative estimate of drug-likeness (QED) is 0.552. The van der Waals surface area contributed by atoms with Crippen LogP contribution in [0, 0.1) is 10.8 Å². The van der Waals surface area contributed by atoms with Crippen LogP contribution in [0.15, 0.2) is 4.99 Å². The fourth-order valence-electron chi connectivity index (χ4n) is 3.20. The summed E-state index contributed by atoms with van der Waals surface area (Å²) in [5, 5.41) is 6.73. The molecule has 0 aromatic heterocycles. The molecule has 0 aliphatic heterocycles. The predicted molar refractivity (Wildman–Crippen MR) is 87.3 cm³/mol. The van der Waals surface area contributed by atoms with Gasteiger partial charge in [-0.1, -0.05) is 13.3 Å². The third-order valence-corrected chi connectivity index (χ3v) is 6.31. The van der Waals surface area contributed by atoms with Crippen molar-refractivity contribution in [3.63, 3.8) is 0 Å². The summed E-state index contributed by atoms with van der Waals surface area (Å²) in [4.78, 5) is 4.26. The van der Waals surface area contributed by atoms with Gasteiger partial charge in [-0.3, -0.25) is 4.99 Å². The normalized spacial score (nSPS) is 23.3. The fraction of sp³-hybridized carbons (Fsp3) is 0.933. The standard InChI is InChI=1S/C15H29N3O2S/c1-4-14(6-5-7-14)10-17-13(16-2)18-11-15(8-9-15)12-21(3,19)20/h4-12H2,1-3H3,(H2,16,17,18). The van der Waals surface area contributed by atoms with Gasteiger partial charge < -0.3 is 10.6 Å². The van der Waals surface area contributed by atoms with E-state index in [0.717, 1.165) is 25.3 Å². The molecule has 0 atom stereocenters. The molecule has 0 saturated heterocycles. The third-order valence-electron chi connectivity index (χ3n) is 5.17. The number of rotatable bonds is 7. The number of nitrogens with zero attached hydrogens (tertiary/aromatic N) is 1. The highest BCUT2D eigenvalue weighted by Gasteiger charge is 2.45. The van der Waals surface area contributed by atoms with Crippen LogP contribution >= 0.6 is 0 Å². The Morgan fingerprint density at radius 2 is 1.67 bits per heavy atom. The summed E-state index contributed by atoms with van der Waals surface area (Å²) in [5.74, 6) is 1.08. The lowest BCUT2D eigenvalue weighted by Crippen LogP contribution is -2.47. The van der Waals surface area contributed by atoms with Crippen LogP contribution in [-0.2, 0) is 9.84 Å². The molecule has 2 saturated carbocycles. The van der Waals surface area contributed by atoms with Gasteiger partial charge in [0.15, 0.2) is 5.96 Å². The Morgan fingerprint density at radius 3 is 2.00 bits per heavy atom. The van der Waals surface area contributed by atoms with Crippen molar-refractivity contribution in [2.24, 2.45) is 15.8 Å². The summed E-state index contributed by atoms with van der Waals surface area (Å²) in [6, 6.07) is 0. The molecule has 0 unspecified atom stereocenters. The maximum absolute atomic E-state index is 11.5. The number of guanidine groups is 1. The van der Waals surface area contributed by atoms with Crippen molar-refractivity contribution in [2.75, 3.05) is 32.1 Å². The zero-order chi connectivity index (χ0) is 15.6. The van der Waals surface area contributed by atoms with Crippen molar-refractivity contribution >= 4 is 15.8 Å². The Labute approximate surface area is 128 Å². The van der Waals surface area contributed by atoms with Gasteiger partial charge in [0.2, 0.25) is 0 Å². The van der Waals surface area contributed by atoms with Gasteiger partial charge >= 0.3 is 0 Å². The minimum Gasteiger partial charge on any atom is -0.356 e. The molecule has 2 N–H and O–H groups in total. The summed E-state index contributed by atoms with van der Waals surface area (Å²) in [6.45, 7) is 3.91. The first-order valence-corrected chi connectivity index (χ1v) is 10.0. The van der Waals surface area contributed by atoms with E-state index in [9.17, 15) is 8.42 Å². The number of hydrogen-bond donors (Lipinski definition) is 2. The van der Waals surface area contributed by atoms with E-state index in [1.165, 1.54) is 31.9 Å². The topological polar surface area (TPSA) is 70.6 Å². The van der Waals surface area contributed by atoms with Gasteiger partial charge in [0.1, 0.15) is 9.84 Å². The third kappa shape index (κ3) is 4.59. The molecule has 5 nitrogen and oxygen atoms in total. The highest BCUT2D eigenvalue weighted by Crippen LogP contribution is 2.46. The van der Waals surface area contributed by atoms with Crippen LogP contribution in [0.25, 0.3) is 0 Å². The summed E-state index contributed by atoms with van der Waals surface area (Å²) in [6.07, 6.45) is 8.43. The smallest absolute Gasteiger partial charge is 0.191 e. The molecule has 0 aromatic carbocycles. The molecule has 2 aliphatic carbocycles. The molecule has 0 amide bonds. The summed E-state index contributed by atoms with van der Waals surface area (Å²) in [7, 11) is -1.14. The zero-order valence-electron chi connectivity index (χ0n) is 13.5. The second-order valence-corrected chi connectivity index (χ2v) is 9.20. The predicted octanol–water partition coefficient (Wildman–Crippen LogP) is 1.56. The lowest BCUT2D eigenvalue weighted by atomic mass is 9.67. The Hall–Kier alpha value is -0.780. The highest BCUT2D eigenvalue weighted by atomic mass is 32.2. The molecule has 0 radical (unpaired) electrons. The molecule has 2 rings (SSSR count). The lowest BCUT2D eigenvalue weighted by molar-refractivity contribution is 0.131. The summed E-state index contributed by atoms with van der Waals surface area (Å²) in [5.41, 5.74) is 0.381. The largest absolute Gasteiger partial charge is 0.356 e. The second kappa shape index (κ2) is 6.15. The van der Waals surface area contributed by atoms with Crippen molar-refractivity contribution in [3.8, 4) is 0 Å². The average Bonchev–Trinajstić information content (AvgIpc) is 3.09. The van der Waals surface area contributed by atoms with Gasteiger partial charge in [-0.15, -0.1) is 0 Å². The van der Waals surface area contributed by atoms with E-state index < -0.39 is 9.84 Å². The zero-order valence-corrected chi connectivity index (χ0v) is 14.4. The Morgan fingerprint density at radius 1 is 1.10 bits per heavy atom. The van der Waals surface area contributed by atoms with E-state index in [1.54, 1.807) is 7.05 Å². The average molecular weight is 315 g/mol. The van der Waals surface area contributed by atoms with Crippen LogP contribution in [0.5, 0.6) is 0 Å². The van der Waals surface area contributed by atoms with E-state index >= 15 is 0 Å². The second-order valence-electron chi connectivity index (χ2n) is 7.06. The van der Waals surface area contributed by atoms with Crippen LogP contribution in [0.4, 0.5) is 0 Å². The van der Waals surface area contributed by atoms with Crippen molar-refractivity contribution in [1.29, 1.82) is 0 Å². The van der Waals surface area contributed by atoms with Crippen molar-refractivity contribution in [3.05, 3.63) is 0 Å². The molecular weight excluding hydrogens is 286 g/mol. The van der Waals surface area contributed by atoms with Gasteiger partial charge in [-0.2, -0.15) is 0 Å². The Bertz CT molecular complexity index is 486. The van der Waals surface area contributed by atoms with E-state index in [0.29, 0.717) is 12.0 Å². The first-order valence-electron chi connectivity index (χ1n) is 7.94. The van der Waals surface area contributed by atoms with E-state index in [2.05, 4.69) is 22.5 Å². The lowest BCUT2D eigenvalue weighted by Gasteiger charge is -2.41. The van der Waals surface area contributed by atoms with Gasteiger partial charge in [0.25, 0.3) is 0 Å². The molecule has 0 bridgehead atoms. The van der Waals surface area contributed by atoms with Gasteiger partial charge in [0.05, 0.1) is 5.75 Å². The van der Waals surface area contributed by atoms with Gasteiger partial charge in [0, 0.05) is 31.8 Å². The maximum atomic E-state index is 11.5. The van der Waals surface area contributed by atoms with E-state index in [-0.39, 0.29) is 11.2 Å². The molecule has 0 heterocycles. The van der Waals surface area contributed by atoms with Crippen molar-refractivity contribution in [1.82, 2.24) is 10.6 Å². The number of nitrogens with one attached hydrogen (secondary N) is 2. The SMILES string of the molecule is CCC1(CNC(=NC)NCC2(CS(C)(=O)=O)CC2)CCC1. The maximum Gasteiger partial charge on any atom is 0.191 e. The minimum absolute atomic E-state index is 0.0654. The number of aliphatic imine (C=N–C) groups is 1. The minimum atomic E-state index is -2.91. The van der Waals surface area contributed by atoms with Crippen LogP contribution in [0.3, 0.4) is 0 Å². The van der Waals surface area contributed by atoms with Crippen LogP contribution in [0.2, 0.25) is 0 Å². The Balaban J connectivity index is 1.78. The first-order chi connectivity index (χ1) is 9.82. The van der Waals surface area contributed by atoms with E-state index in [1.807, 2.05) is 0 Å². The van der Waals surface area contributed by atoms with Gasteiger partial charge in [-0.05, 0) is 37.5 Å². The summed E-state index contributed by atoms with van der Waals surface area (Å²) < 4.78 is 22.9. The molecule has 122 valence electrons. The molecular formula is C15H29N3O2S. The van der Waals surface area contributed by atoms with Crippen molar-refractivity contribution < 1.29 is 8.42 Å². The molecule has 2 aliphatic rings. The van der Waals surface area contributed by atoms with Crippen LogP contribution < -0.4 is 10.6 Å².